The normalized spacial score (nSPS) is 43.4. The van der Waals surface area contributed by atoms with Gasteiger partial charge in [-0.3, -0.25) is 4.90 Å². The third kappa shape index (κ3) is 2.35. The molecule has 0 aromatic heterocycles. The second kappa shape index (κ2) is 4.40. The van der Waals surface area contributed by atoms with Gasteiger partial charge in [0.15, 0.2) is 0 Å². The van der Waals surface area contributed by atoms with Crippen molar-refractivity contribution in [2.45, 2.75) is 45.2 Å². The molecule has 1 aliphatic carbocycles. The van der Waals surface area contributed by atoms with Gasteiger partial charge in [0.1, 0.15) is 0 Å². The monoisotopic (exact) mass is 212 g/mol. The van der Waals surface area contributed by atoms with E-state index in [1.54, 1.807) is 0 Å². The Morgan fingerprint density at radius 2 is 2.33 bits per heavy atom. The molecule has 3 nitrogen and oxygen atoms in total. The minimum atomic E-state index is 0.339. The van der Waals surface area contributed by atoms with Gasteiger partial charge in [-0.2, -0.15) is 0 Å². The molecule has 88 valence electrons. The molecule has 1 saturated carbocycles. The van der Waals surface area contributed by atoms with Crippen molar-refractivity contribution in [3.05, 3.63) is 0 Å². The van der Waals surface area contributed by atoms with Crippen molar-refractivity contribution < 1.29 is 4.74 Å². The van der Waals surface area contributed by atoms with Crippen molar-refractivity contribution >= 4 is 0 Å². The van der Waals surface area contributed by atoms with E-state index < -0.39 is 0 Å². The Morgan fingerprint density at radius 3 is 2.93 bits per heavy atom. The first-order valence-electron chi connectivity index (χ1n) is 6.19. The summed E-state index contributed by atoms with van der Waals surface area (Å²) in [6.07, 6.45) is 3.80. The summed E-state index contributed by atoms with van der Waals surface area (Å²) in [4.78, 5) is 2.55. The summed E-state index contributed by atoms with van der Waals surface area (Å²) in [5.74, 6) is 0. The van der Waals surface area contributed by atoms with Gasteiger partial charge in [-0.25, -0.2) is 0 Å². The van der Waals surface area contributed by atoms with E-state index in [1.807, 2.05) is 0 Å². The third-order valence-corrected chi connectivity index (χ3v) is 4.23. The molecule has 1 aliphatic heterocycles. The van der Waals surface area contributed by atoms with Crippen LogP contribution in [0, 0.1) is 5.41 Å². The molecule has 3 unspecified atom stereocenters. The molecule has 2 aliphatic rings. The zero-order chi connectivity index (χ0) is 10.9. The lowest BCUT2D eigenvalue weighted by molar-refractivity contribution is -0.0193. The van der Waals surface area contributed by atoms with Crippen LogP contribution in [0.5, 0.6) is 0 Å². The van der Waals surface area contributed by atoms with E-state index in [1.165, 1.54) is 19.3 Å². The number of nitrogens with two attached hydrogens (primary N) is 1. The summed E-state index contributed by atoms with van der Waals surface area (Å²) in [6.45, 7) is 8.60. The molecule has 15 heavy (non-hydrogen) atoms. The van der Waals surface area contributed by atoms with Gasteiger partial charge in [-0.1, -0.05) is 13.3 Å². The fraction of sp³-hybridized carbons (Fsp3) is 1.00. The standard InChI is InChI=1S/C12H24N2O/c1-10-8-15-7-6-14(10)9-12(2)5-3-4-11(12)13/h10-11H,3-9,13H2,1-2H3. The lowest BCUT2D eigenvalue weighted by atomic mass is 9.84. The number of hydrogen-bond acceptors (Lipinski definition) is 3. The summed E-state index contributed by atoms with van der Waals surface area (Å²) < 4.78 is 5.46. The molecule has 2 rings (SSSR count). The summed E-state index contributed by atoms with van der Waals surface area (Å²) in [6, 6.07) is 0.955. The van der Waals surface area contributed by atoms with Crippen LogP contribution in [0.4, 0.5) is 0 Å². The highest BCUT2D eigenvalue weighted by Crippen LogP contribution is 2.37. The van der Waals surface area contributed by atoms with Gasteiger partial charge < -0.3 is 10.5 Å². The molecule has 3 heteroatoms. The molecule has 0 bridgehead atoms. The van der Waals surface area contributed by atoms with Crippen LogP contribution < -0.4 is 5.73 Å². The maximum absolute atomic E-state index is 6.22. The van der Waals surface area contributed by atoms with Gasteiger partial charge in [-0.15, -0.1) is 0 Å². The number of ether oxygens (including phenoxy) is 1. The van der Waals surface area contributed by atoms with E-state index in [2.05, 4.69) is 18.7 Å². The predicted molar refractivity (Wildman–Crippen MR) is 61.8 cm³/mol. The van der Waals surface area contributed by atoms with Crippen molar-refractivity contribution in [1.82, 2.24) is 4.90 Å². The lowest BCUT2D eigenvalue weighted by Crippen LogP contribution is -2.51. The Bertz CT molecular complexity index is 222. The fourth-order valence-electron chi connectivity index (χ4n) is 2.92. The van der Waals surface area contributed by atoms with Crippen LogP contribution in [0.1, 0.15) is 33.1 Å². The maximum atomic E-state index is 6.22. The number of nitrogens with zero attached hydrogens (tertiary/aromatic N) is 1. The number of morpholine rings is 1. The molecular weight excluding hydrogens is 188 g/mol. The Balaban J connectivity index is 1.94. The average molecular weight is 212 g/mol. The Morgan fingerprint density at radius 1 is 1.53 bits per heavy atom. The van der Waals surface area contributed by atoms with Gasteiger partial charge in [0, 0.05) is 25.2 Å². The van der Waals surface area contributed by atoms with Crippen molar-refractivity contribution in [3.63, 3.8) is 0 Å². The highest BCUT2D eigenvalue weighted by atomic mass is 16.5. The molecular formula is C12H24N2O. The summed E-state index contributed by atoms with van der Waals surface area (Å²) >= 11 is 0. The number of hydrogen-bond donors (Lipinski definition) is 1. The van der Waals surface area contributed by atoms with Crippen LogP contribution in [0.25, 0.3) is 0 Å². The zero-order valence-corrected chi connectivity index (χ0v) is 10.0. The second-order valence-electron chi connectivity index (χ2n) is 5.55. The zero-order valence-electron chi connectivity index (χ0n) is 10.0. The smallest absolute Gasteiger partial charge is 0.0619 e. The molecule has 1 saturated heterocycles. The SMILES string of the molecule is CC1COCCN1CC1(C)CCCC1N. The molecule has 0 aromatic rings. The highest BCUT2D eigenvalue weighted by Gasteiger charge is 2.38. The quantitative estimate of drug-likeness (QED) is 0.748. The molecule has 0 radical (unpaired) electrons. The largest absolute Gasteiger partial charge is 0.379 e. The Kier molecular flexibility index (Phi) is 3.33. The van der Waals surface area contributed by atoms with E-state index in [0.717, 1.165) is 26.3 Å². The summed E-state index contributed by atoms with van der Waals surface area (Å²) in [5.41, 5.74) is 6.56. The lowest BCUT2D eigenvalue weighted by Gasteiger charge is -2.40. The Labute approximate surface area is 93.0 Å². The van der Waals surface area contributed by atoms with Crippen LogP contribution in [0.3, 0.4) is 0 Å². The summed E-state index contributed by atoms with van der Waals surface area (Å²) in [5, 5.41) is 0. The van der Waals surface area contributed by atoms with Gasteiger partial charge in [0.25, 0.3) is 0 Å². The minimum Gasteiger partial charge on any atom is -0.379 e. The average Bonchev–Trinajstić information content (AvgIpc) is 2.51. The molecule has 0 aromatic carbocycles. The topological polar surface area (TPSA) is 38.5 Å². The first-order chi connectivity index (χ1) is 7.12. The van der Waals surface area contributed by atoms with Crippen LogP contribution in [0.2, 0.25) is 0 Å². The molecule has 0 amide bonds. The highest BCUT2D eigenvalue weighted by molar-refractivity contribution is 4.94. The molecule has 2 N–H and O–H groups in total. The predicted octanol–water partition coefficient (Wildman–Crippen LogP) is 1.22. The van der Waals surface area contributed by atoms with Gasteiger partial charge >= 0.3 is 0 Å². The molecule has 0 spiro atoms. The Hall–Kier alpha value is -0.120. The van der Waals surface area contributed by atoms with Crippen molar-refractivity contribution in [1.29, 1.82) is 0 Å². The number of rotatable bonds is 2. The van der Waals surface area contributed by atoms with Crippen LogP contribution in [-0.2, 0) is 4.74 Å². The van der Waals surface area contributed by atoms with E-state index in [9.17, 15) is 0 Å². The van der Waals surface area contributed by atoms with Crippen molar-refractivity contribution in [2.24, 2.45) is 11.1 Å². The molecule has 3 atom stereocenters. The fourth-order valence-corrected chi connectivity index (χ4v) is 2.92. The second-order valence-corrected chi connectivity index (χ2v) is 5.55. The van der Waals surface area contributed by atoms with E-state index in [4.69, 9.17) is 10.5 Å². The summed E-state index contributed by atoms with van der Waals surface area (Å²) in [7, 11) is 0. The molecule has 1 heterocycles. The maximum Gasteiger partial charge on any atom is 0.0619 e. The van der Waals surface area contributed by atoms with Crippen LogP contribution in [0.15, 0.2) is 0 Å². The van der Waals surface area contributed by atoms with E-state index >= 15 is 0 Å². The first kappa shape index (κ1) is 11.4. The van der Waals surface area contributed by atoms with Crippen molar-refractivity contribution in [3.8, 4) is 0 Å². The van der Waals surface area contributed by atoms with E-state index in [0.29, 0.717) is 17.5 Å². The van der Waals surface area contributed by atoms with Crippen LogP contribution in [-0.4, -0.2) is 43.3 Å². The van der Waals surface area contributed by atoms with Crippen LogP contribution >= 0.6 is 0 Å². The third-order valence-electron chi connectivity index (χ3n) is 4.23. The first-order valence-corrected chi connectivity index (χ1v) is 6.19. The van der Waals surface area contributed by atoms with Gasteiger partial charge in [0.05, 0.1) is 13.2 Å². The van der Waals surface area contributed by atoms with Crippen molar-refractivity contribution in [2.75, 3.05) is 26.3 Å². The minimum absolute atomic E-state index is 0.339. The van der Waals surface area contributed by atoms with E-state index in [-0.39, 0.29) is 0 Å². The van der Waals surface area contributed by atoms with Gasteiger partial charge in [0.2, 0.25) is 0 Å². The van der Waals surface area contributed by atoms with Gasteiger partial charge in [-0.05, 0) is 25.2 Å². The molecule has 2 fully saturated rings.